The highest BCUT2D eigenvalue weighted by Gasteiger charge is 2.07. The Hall–Kier alpha value is -5.10. The topological polar surface area (TPSA) is 72.5 Å². The Bertz CT molecular complexity index is 2590. The number of hydrogen-bond donors (Lipinski definition) is 3. The van der Waals surface area contributed by atoms with Crippen molar-refractivity contribution in [3.8, 4) is 5.75 Å². The Labute approximate surface area is 465 Å². The second kappa shape index (κ2) is 39.3. The summed E-state index contributed by atoms with van der Waals surface area (Å²) in [6.45, 7) is 21.9. The van der Waals surface area contributed by atoms with E-state index in [2.05, 4.69) is 149 Å². The number of unbranched alkanes of at least 4 members (excludes halogenated alkanes) is 2. The summed E-state index contributed by atoms with van der Waals surface area (Å²) < 4.78 is 23.9. The van der Waals surface area contributed by atoms with E-state index < -0.39 is 0 Å². The Kier molecular flexibility index (Phi) is 33.6. The number of anilines is 1. The largest absolute Gasteiger partial charge is 0.494 e. The van der Waals surface area contributed by atoms with E-state index in [1.807, 2.05) is 73.3 Å². The van der Waals surface area contributed by atoms with E-state index in [9.17, 15) is 9.18 Å². The summed E-state index contributed by atoms with van der Waals surface area (Å²) in [5.74, 6) is 2.10. The van der Waals surface area contributed by atoms with Crippen LogP contribution in [0.3, 0.4) is 0 Å². The van der Waals surface area contributed by atoms with Crippen molar-refractivity contribution in [2.45, 2.75) is 140 Å². The van der Waals surface area contributed by atoms with Gasteiger partial charge in [0.1, 0.15) is 17.3 Å². The molecule has 0 aliphatic heterocycles. The average molecular weight is 1070 g/mol. The van der Waals surface area contributed by atoms with Crippen molar-refractivity contribution in [3.05, 3.63) is 191 Å². The maximum atomic E-state index is 12.9. The number of ether oxygens (including phenoxy) is 2. The third-order valence-electron chi connectivity index (χ3n) is 11.7. The molecule has 1 atom stereocenters. The molecule has 75 heavy (non-hydrogen) atoms. The first kappa shape index (κ1) is 64.2. The molecule has 0 saturated carbocycles. The van der Waals surface area contributed by atoms with Crippen molar-refractivity contribution in [3.63, 3.8) is 0 Å². The van der Waals surface area contributed by atoms with Crippen LogP contribution < -0.4 is 15.4 Å². The standard InChI is InChI=1S/C15H16S2.C14H16N2O.C12H17FO.C12H19N.C12H18OS/c1-2-12-3-5-13(6-4-12)11-17-15-9-7-14(16)8-10-15;1-3-9-15-13-5-4-6-14-11(13)7-8-12(16-14)10(2)17;1-3-7-14-9-10(2)11-5-4-6-12(13)8-11;1-3-9-13-10-12-7-5-11(4-2)6-8-12;1-3-4-5-9-13-11-7-6-8-12(10-11)14-2/h3-10,16H,2,11H2,1H3;4-8,15H,3,9H2,1-2H3;4-6,8,10H,3,7,9H2,1-2H3;5-8,13H,3-4,9-10H2,1-2H3;6-8,10H,3-5,9H2,1-2H3. The van der Waals surface area contributed by atoms with Crippen molar-refractivity contribution < 1.29 is 18.7 Å². The molecule has 404 valence electrons. The fourth-order valence-electron chi connectivity index (χ4n) is 7.19. The monoisotopic (exact) mass is 1070 g/mol. The highest BCUT2D eigenvalue weighted by Crippen LogP contribution is 2.25. The molecule has 2 N–H and O–H groups in total. The number of carbonyl (C=O) groups excluding carboxylic acids is 1. The van der Waals surface area contributed by atoms with Gasteiger partial charge in [0.2, 0.25) is 0 Å². The van der Waals surface area contributed by atoms with Crippen LogP contribution in [-0.4, -0.2) is 49.9 Å². The Morgan fingerprint density at radius 3 is 1.93 bits per heavy atom. The fraction of sp³-hybridized carbons (Fsp3) is 0.385. The van der Waals surface area contributed by atoms with Gasteiger partial charge in [-0.05, 0) is 158 Å². The second-order valence-corrected chi connectivity index (χ2v) is 20.6. The highest BCUT2D eigenvalue weighted by atomic mass is 32.2. The lowest BCUT2D eigenvalue weighted by atomic mass is 10.0. The van der Waals surface area contributed by atoms with Crippen molar-refractivity contribution in [1.82, 2.24) is 10.3 Å². The minimum Gasteiger partial charge on any atom is -0.494 e. The smallest absolute Gasteiger partial charge is 0.178 e. The highest BCUT2D eigenvalue weighted by molar-refractivity contribution is 7.98. The number of Topliss-reactive ketones (excluding diaryl/α,β-unsaturated/α-hetero) is 1. The molecule has 0 bridgehead atoms. The maximum absolute atomic E-state index is 12.9. The Morgan fingerprint density at radius 1 is 0.667 bits per heavy atom. The SMILES string of the molecule is CCCCCOc1cccc(SC)c1.CCCNCc1ccc(CC)cc1.CCCNc1cccc2nc(C(C)=O)ccc12.CCCOCC(C)c1cccc(F)c1.CCc1ccc(CSc2ccc(S)cc2)cc1. The second-order valence-electron chi connectivity index (χ2n) is 18.1. The number of aryl methyl sites for hydroxylation is 2. The summed E-state index contributed by atoms with van der Waals surface area (Å²) >= 11 is 7.89. The first-order chi connectivity index (χ1) is 36.5. The number of fused-ring (bicyclic) bond motifs is 1. The lowest BCUT2D eigenvalue weighted by molar-refractivity contribution is 0.101. The van der Waals surface area contributed by atoms with Crippen molar-refractivity contribution in [2.75, 3.05) is 44.5 Å². The first-order valence-electron chi connectivity index (χ1n) is 27.0. The van der Waals surface area contributed by atoms with Gasteiger partial charge in [0.25, 0.3) is 0 Å². The molecule has 0 spiro atoms. The molecule has 0 fully saturated rings. The van der Waals surface area contributed by atoms with E-state index in [0.717, 1.165) is 104 Å². The zero-order valence-electron chi connectivity index (χ0n) is 46.4. The van der Waals surface area contributed by atoms with Gasteiger partial charge in [-0.25, -0.2) is 9.37 Å². The normalized spacial score (nSPS) is 10.8. The molecule has 7 aromatic rings. The summed E-state index contributed by atoms with van der Waals surface area (Å²) in [4.78, 5) is 19.2. The van der Waals surface area contributed by atoms with Crippen LogP contribution in [0.1, 0.15) is 138 Å². The molecule has 10 heteroatoms. The van der Waals surface area contributed by atoms with Crippen molar-refractivity contribution in [1.29, 1.82) is 0 Å². The molecule has 0 aliphatic carbocycles. The minimum atomic E-state index is -0.176. The number of nitrogens with one attached hydrogen (secondary N) is 2. The molecule has 6 nitrogen and oxygen atoms in total. The van der Waals surface area contributed by atoms with Crippen LogP contribution in [0.4, 0.5) is 10.1 Å². The molecular weight excluding hydrogens is 986 g/mol. The molecule has 6 aromatic carbocycles. The van der Waals surface area contributed by atoms with Crippen LogP contribution >= 0.6 is 36.2 Å². The third kappa shape index (κ3) is 27.0. The quantitative estimate of drug-likeness (QED) is 0.0239. The minimum absolute atomic E-state index is 0.00109. The lowest BCUT2D eigenvalue weighted by Crippen LogP contribution is -2.13. The van der Waals surface area contributed by atoms with Gasteiger partial charge in [-0.3, -0.25) is 4.79 Å². The number of carbonyl (C=O) groups is 1. The van der Waals surface area contributed by atoms with Gasteiger partial charge in [0, 0.05) is 64.1 Å². The molecule has 0 saturated heterocycles. The summed E-state index contributed by atoms with van der Waals surface area (Å²) in [7, 11) is 0. The molecule has 1 heterocycles. The predicted molar refractivity (Wildman–Crippen MR) is 327 cm³/mol. The van der Waals surface area contributed by atoms with Gasteiger partial charge in [-0.15, -0.1) is 36.2 Å². The van der Waals surface area contributed by atoms with Crippen molar-refractivity contribution >= 4 is 58.5 Å². The van der Waals surface area contributed by atoms with Crippen LogP contribution in [-0.2, 0) is 29.9 Å². The van der Waals surface area contributed by atoms with Gasteiger partial charge < -0.3 is 20.1 Å². The van der Waals surface area contributed by atoms with Crippen molar-refractivity contribution in [2.24, 2.45) is 0 Å². The van der Waals surface area contributed by atoms with E-state index in [4.69, 9.17) is 9.47 Å². The van der Waals surface area contributed by atoms with Gasteiger partial charge >= 0.3 is 0 Å². The average Bonchev–Trinajstić information content (AvgIpc) is 3.44. The fourth-order valence-corrected chi connectivity index (χ4v) is 8.65. The molecule has 0 aliphatic rings. The number of thiol groups is 1. The van der Waals surface area contributed by atoms with Crippen LogP contribution in [0.2, 0.25) is 0 Å². The van der Waals surface area contributed by atoms with E-state index in [0.29, 0.717) is 12.3 Å². The molecular formula is C65H86FN3O3S3. The molecule has 7 rings (SSSR count). The summed E-state index contributed by atoms with van der Waals surface area (Å²) in [6, 6.07) is 50.6. The number of aromatic nitrogens is 1. The number of benzene rings is 6. The molecule has 1 aromatic heterocycles. The van der Waals surface area contributed by atoms with Gasteiger partial charge in [0.05, 0.1) is 18.7 Å². The van der Waals surface area contributed by atoms with Crippen LogP contribution in [0.25, 0.3) is 10.9 Å². The van der Waals surface area contributed by atoms with Gasteiger partial charge in [-0.1, -0.05) is 134 Å². The molecule has 1 unspecified atom stereocenters. The zero-order valence-corrected chi connectivity index (χ0v) is 49.0. The number of ketones is 1. The van der Waals surface area contributed by atoms with Crippen LogP contribution in [0.15, 0.2) is 166 Å². The van der Waals surface area contributed by atoms with E-state index in [1.54, 1.807) is 30.0 Å². The molecule has 0 amide bonds. The van der Waals surface area contributed by atoms with Crippen LogP contribution in [0, 0.1) is 5.82 Å². The van der Waals surface area contributed by atoms with E-state index in [-0.39, 0.29) is 17.5 Å². The number of nitrogens with zero attached hydrogens (tertiary/aromatic N) is 1. The lowest BCUT2D eigenvalue weighted by Gasteiger charge is -2.11. The van der Waals surface area contributed by atoms with Crippen LogP contribution in [0.5, 0.6) is 5.75 Å². The summed E-state index contributed by atoms with van der Waals surface area (Å²) in [5, 5.41) is 7.81. The van der Waals surface area contributed by atoms with E-state index >= 15 is 0 Å². The summed E-state index contributed by atoms with van der Waals surface area (Å²) in [6.07, 6.45) is 11.3. The summed E-state index contributed by atoms with van der Waals surface area (Å²) in [5.41, 5.74) is 9.03. The Balaban J connectivity index is 0.000000248. The first-order valence-corrected chi connectivity index (χ1v) is 29.7. The number of rotatable bonds is 24. The number of hydrogen-bond acceptors (Lipinski definition) is 9. The Morgan fingerprint density at radius 2 is 1.32 bits per heavy atom. The predicted octanol–water partition coefficient (Wildman–Crippen LogP) is 18.2. The van der Waals surface area contributed by atoms with Gasteiger partial charge in [0.15, 0.2) is 5.78 Å². The van der Waals surface area contributed by atoms with Gasteiger partial charge in [-0.2, -0.15) is 0 Å². The molecule has 0 radical (unpaired) electrons. The van der Waals surface area contributed by atoms with E-state index in [1.165, 1.54) is 64.3 Å². The number of halogens is 1. The number of thioether (sulfide) groups is 2. The maximum Gasteiger partial charge on any atom is 0.178 e. The number of pyridine rings is 1. The third-order valence-corrected chi connectivity index (χ3v) is 13.8. The zero-order chi connectivity index (χ0) is 54.5.